The first-order valence-corrected chi connectivity index (χ1v) is 14.3. The molecule has 0 spiro atoms. The Bertz CT molecular complexity index is 1750. The lowest BCUT2D eigenvalue weighted by Gasteiger charge is -2.26. The Morgan fingerprint density at radius 2 is 1.58 bits per heavy atom. The highest BCUT2D eigenvalue weighted by Crippen LogP contribution is 2.38. The van der Waals surface area contributed by atoms with Crippen LogP contribution in [0.25, 0.3) is 22.4 Å². The molecule has 4 aromatic rings. The maximum absolute atomic E-state index is 13.1. The van der Waals surface area contributed by atoms with Crippen molar-refractivity contribution in [1.29, 1.82) is 0 Å². The van der Waals surface area contributed by atoms with Crippen molar-refractivity contribution in [1.82, 2.24) is 14.5 Å². The summed E-state index contributed by atoms with van der Waals surface area (Å²) in [5.74, 6) is -0.357. The van der Waals surface area contributed by atoms with Gasteiger partial charge in [0.1, 0.15) is 0 Å². The van der Waals surface area contributed by atoms with Gasteiger partial charge in [0.15, 0.2) is 5.82 Å². The Morgan fingerprint density at radius 1 is 0.930 bits per heavy atom. The monoisotopic (exact) mass is 579 g/mol. The summed E-state index contributed by atoms with van der Waals surface area (Å²) in [5.41, 5.74) is 12.2. The van der Waals surface area contributed by atoms with Crippen molar-refractivity contribution in [2.45, 2.75) is 33.1 Å². The number of aromatic nitrogens is 2. The molecule has 0 saturated carbocycles. The molecule has 9 heteroatoms. The number of amides is 2. The molecule has 43 heavy (non-hydrogen) atoms. The second-order valence-electron chi connectivity index (χ2n) is 11.9. The summed E-state index contributed by atoms with van der Waals surface area (Å²) >= 11 is 0. The van der Waals surface area contributed by atoms with Gasteiger partial charge in [-0.25, -0.2) is 4.98 Å². The van der Waals surface area contributed by atoms with Crippen molar-refractivity contribution in [2.24, 2.45) is 12.8 Å². The van der Waals surface area contributed by atoms with Gasteiger partial charge in [0, 0.05) is 48.7 Å². The van der Waals surface area contributed by atoms with E-state index in [2.05, 4.69) is 26.1 Å². The van der Waals surface area contributed by atoms with Crippen LogP contribution in [0.5, 0.6) is 0 Å². The molecule has 2 heterocycles. The third-order valence-corrected chi connectivity index (χ3v) is 7.78. The number of nitrogens with two attached hydrogens (primary N) is 1. The van der Waals surface area contributed by atoms with E-state index in [0.29, 0.717) is 48.8 Å². The van der Waals surface area contributed by atoms with Crippen molar-refractivity contribution in [3.63, 3.8) is 0 Å². The first kappa shape index (κ1) is 29.7. The summed E-state index contributed by atoms with van der Waals surface area (Å²) in [4.78, 5) is 44.5. The zero-order chi connectivity index (χ0) is 30.9. The predicted octanol–water partition coefficient (Wildman–Crippen LogP) is 5.04. The summed E-state index contributed by atoms with van der Waals surface area (Å²) < 4.78 is 6.84. The fraction of sp³-hybridized carbons (Fsp3) is 0.294. The van der Waals surface area contributed by atoms with E-state index >= 15 is 0 Å². The van der Waals surface area contributed by atoms with Gasteiger partial charge in [-0.3, -0.25) is 14.4 Å². The number of nitrogens with zero attached hydrogens (tertiary/aromatic N) is 3. The summed E-state index contributed by atoms with van der Waals surface area (Å²) in [7, 11) is 1.69. The molecule has 222 valence electrons. The van der Waals surface area contributed by atoms with Gasteiger partial charge >= 0.3 is 0 Å². The topological polar surface area (TPSA) is 120 Å². The molecule has 3 N–H and O–H groups in total. The molecule has 1 aromatic heterocycles. The first-order valence-electron chi connectivity index (χ1n) is 14.3. The fourth-order valence-corrected chi connectivity index (χ4v) is 5.38. The third-order valence-electron chi connectivity index (χ3n) is 7.78. The summed E-state index contributed by atoms with van der Waals surface area (Å²) in [6, 6.07) is 18.6. The minimum Gasteiger partial charge on any atom is -0.378 e. The number of carbonyl (C=O) groups is 2. The molecule has 0 unspecified atom stereocenters. The summed E-state index contributed by atoms with van der Waals surface area (Å²) in [5, 5.41) is 3.14. The molecule has 0 bridgehead atoms. The van der Waals surface area contributed by atoms with Gasteiger partial charge in [0.05, 0.1) is 18.9 Å². The van der Waals surface area contributed by atoms with Gasteiger partial charge in [-0.2, -0.15) is 0 Å². The van der Waals surface area contributed by atoms with Crippen LogP contribution >= 0.6 is 0 Å². The number of hydrogen-bond donors (Lipinski definition) is 2. The quantitative estimate of drug-likeness (QED) is 0.331. The average Bonchev–Trinajstić information content (AvgIpc) is 2.99. The lowest BCUT2D eigenvalue weighted by atomic mass is 9.80. The largest absolute Gasteiger partial charge is 0.378 e. The fourth-order valence-electron chi connectivity index (χ4n) is 5.38. The van der Waals surface area contributed by atoms with Crippen LogP contribution in [0.4, 0.5) is 11.5 Å². The third kappa shape index (κ3) is 6.22. The zero-order valence-electron chi connectivity index (χ0n) is 25.2. The lowest BCUT2D eigenvalue weighted by molar-refractivity contribution is 0.0303. The van der Waals surface area contributed by atoms with E-state index in [4.69, 9.17) is 15.5 Å². The van der Waals surface area contributed by atoms with Crippen LogP contribution in [0.15, 0.2) is 71.7 Å². The van der Waals surface area contributed by atoms with Gasteiger partial charge < -0.3 is 25.3 Å². The highest BCUT2D eigenvalue weighted by molar-refractivity contribution is 5.95. The second kappa shape index (κ2) is 11.9. The molecule has 0 atom stereocenters. The zero-order valence-corrected chi connectivity index (χ0v) is 25.2. The number of ether oxygens (including phenoxy) is 1. The number of nitrogens with one attached hydrogen (secondary N) is 1. The number of aryl methyl sites for hydroxylation is 1. The van der Waals surface area contributed by atoms with Gasteiger partial charge in [0.2, 0.25) is 5.91 Å². The summed E-state index contributed by atoms with van der Waals surface area (Å²) in [6.07, 6.45) is 1.72. The molecule has 9 nitrogen and oxygen atoms in total. The van der Waals surface area contributed by atoms with Gasteiger partial charge in [-0.15, -0.1) is 0 Å². The van der Waals surface area contributed by atoms with Gasteiger partial charge in [-0.1, -0.05) is 45.0 Å². The molecule has 5 rings (SSSR count). The van der Waals surface area contributed by atoms with Crippen LogP contribution in [-0.4, -0.2) is 52.6 Å². The molecule has 1 fully saturated rings. The Morgan fingerprint density at radius 3 is 2.23 bits per heavy atom. The molecule has 3 aromatic carbocycles. The van der Waals surface area contributed by atoms with Crippen LogP contribution in [0.2, 0.25) is 0 Å². The van der Waals surface area contributed by atoms with Crippen LogP contribution in [0.1, 0.15) is 52.6 Å². The maximum atomic E-state index is 13.1. The smallest absolute Gasteiger partial charge is 0.293 e. The standard InChI is InChI=1S/C34H37N5O4/c1-21-25(27-19-23(30(35)40)11-14-28(27)34(2,3)4)7-6-8-26(21)29-20-38(5)33(42)31(37-29)36-24-12-9-22(10-13-24)32(41)39-15-17-43-18-16-39/h6-14,19-20H,15-18H2,1-5H3,(H2,35,40)(H,36,37). The molecule has 1 aliphatic rings. The number of anilines is 2. The lowest BCUT2D eigenvalue weighted by Crippen LogP contribution is -2.40. The van der Waals surface area contributed by atoms with E-state index in [1.54, 1.807) is 48.5 Å². The van der Waals surface area contributed by atoms with Crippen LogP contribution < -0.4 is 16.6 Å². The highest BCUT2D eigenvalue weighted by atomic mass is 16.5. The Hall–Kier alpha value is -4.76. The molecule has 1 aliphatic heterocycles. The van der Waals surface area contributed by atoms with Gasteiger partial charge in [-0.05, 0) is 71.0 Å². The number of primary amides is 1. The van der Waals surface area contributed by atoms with E-state index < -0.39 is 5.91 Å². The maximum Gasteiger partial charge on any atom is 0.293 e. The molecular formula is C34H37N5O4. The van der Waals surface area contributed by atoms with E-state index in [1.165, 1.54) is 4.57 Å². The van der Waals surface area contributed by atoms with E-state index in [9.17, 15) is 14.4 Å². The Balaban J connectivity index is 1.50. The van der Waals surface area contributed by atoms with Crippen LogP contribution in [0.3, 0.4) is 0 Å². The number of hydrogen-bond acceptors (Lipinski definition) is 6. The van der Waals surface area contributed by atoms with E-state index in [-0.39, 0.29) is 22.7 Å². The second-order valence-corrected chi connectivity index (χ2v) is 11.9. The minimum atomic E-state index is -0.482. The molecule has 2 amide bonds. The number of morpholine rings is 1. The number of rotatable bonds is 6. The SMILES string of the molecule is Cc1c(-c2cn(C)c(=O)c(Nc3ccc(C(=O)N4CCOCC4)cc3)n2)cccc1-c1cc(C(N)=O)ccc1C(C)(C)C. The number of carbonyl (C=O) groups excluding carboxylic acids is 2. The number of benzene rings is 3. The Kier molecular flexibility index (Phi) is 8.19. The van der Waals surface area contributed by atoms with Crippen molar-refractivity contribution in [2.75, 3.05) is 31.6 Å². The highest BCUT2D eigenvalue weighted by Gasteiger charge is 2.23. The average molecular weight is 580 g/mol. The van der Waals surface area contributed by atoms with Crippen molar-refractivity contribution < 1.29 is 14.3 Å². The van der Waals surface area contributed by atoms with Crippen LogP contribution in [-0.2, 0) is 17.2 Å². The first-order chi connectivity index (χ1) is 20.4. The van der Waals surface area contributed by atoms with E-state index in [1.807, 2.05) is 37.3 Å². The van der Waals surface area contributed by atoms with Crippen LogP contribution in [0, 0.1) is 6.92 Å². The molecule has 1 saturated heterocycles. The summed E-state index contributed by atoms with van der Waals surface area (Å²) in [6.45, 7) is 10.6. The van der Waals surface area contributed by atoms with Crippen molar-refractivity contribution in [3.05, 3.63) is 99.5 Å². The van der Waals surface area contributed by atoms with Crippen molar-refractivity contribution >= 4 is 23.3 Å². The normalized spacial score (nSPS) is 13.6. The minimum absolute atomic E-state index is 0.0442. The molecule has 0 radical (unpaired) electrons. The van der Waals surface area contributed by atoms with Gasteiger partial charge in [0.25, 0.3) is 11.5 Å². The molecule has 0 aliphatic carbocycles. The Labute approximate surface area is 251 Å². The van der Waals surface area contributed by atoms with E-state index in [0.717, 1.165) is 27.8 Å². The van der Waals surface area contributed by atoms with Crippen molar-refractivity contribution in [3.8, 4) is 22.4 Å². The predicted molar refractivity (Wildman–Crippen MR) is 169 cm³/mol. The molecular weight excluding hydrogens is 542 g/mol.